The minimum atomic E-state index is -4.50. The van der Waals surface area contributed by atoms with Crippen molar-refractivity contribution >= 4 is 34.2 Å². The Labute approximate surface area is 191 Å². The summed E-state index contributed by atoms with van der Waals surface area (Å²) in [5.41, 5.74) is 1.04. The molecule has 0 radical (unpaired) electrons. The van der Waals surface area contributed by atoms with Gasteiger partial charge in [0.25, 0.3) is 0 Å². The van der Waals surface area contributed by atoms with Crippen LogP contribution in [0.4, 0.5) is 13.2 Å². The van der Waals surface area contributed by atoms with E-state index in [4.69, 9.17) is 28.6 Å². The number of hydrogen-bond acceptors (Lipinski definition) is 2. The van der Waals surface area contributed by atoms with E-state index >= 15 is 0 Å². The normalized spacial score (nSPS) is 12.9. The molecule has 0 aliphatic rings. The van der Waals surface area contributed by atoms with Gasteiger partial charge in [-0.15, -0.1) is 0 Å². The first-order valence-corrected chi connectivity index (χ1v) is 10.4. The van der Waals surface area contributed by atoms with Crippen LogP contribution < -0.4 is 5.62 Å². The molecule has 0 saturated carbocycles. The van der Waals surface area contributed by atoms with E-state index in [0.29, 0.717) is 26.6 Å². The Bertz CT molecular complexity index is 1340. The fourth-order valence-electron chi connectivity index (χ4n) is 3.74. The van der Waals surface area contributed by atoms with Gasteiger partial charge >= 0.3 is 6.18 Å². The maximum atomic E-state index is 13.5. The molecule has 1 unspecified atom stereocenters. The molecule has 0 spiro atoms. The van der Waals surface area contributed by atoms with Crippen molar-refractivity contribution in [3.8, 4) is 0 Å². The molecule has 0 bridgehead atoms. The van der Waals surface area contributed by atoms with Crippen molar-refractivity contribution < 1.29 is 18.3 Å². The number of aromatic nitrogens is 2. The number of aliphatic hydroxyl groups excluding tert-OH is 1. The van der Waals surface area contributed by atoms with Gasteiger partial charge in [0.15, 0.2) is 0 Å². The van der Waals surface area contributed by atoms with E-state index in [0.717, 1.165) is 6.07 Å². The molecule has 4 nitrogen and oxygen atoms in total. The van der Waals surface area contributed by atoms with Crippen LogP contribution in [0.5, 0.6) is 0 Å². The molecular weight excluding hydrogens is 462 g/mol. The number of aliphatic hydroxyl groups is 1. The maximum Gasteiger partial charge on any atom is 0.416 e. The first-order valence-electron chi connectivity index (χ1n) is 9.67. The molecule has 9 heteroatoms. The van der Waals surface area contributed by atoms with Crippen molar-refractivity contribution in [2.24, 2.45) is 0 Å². The van der Waals surface area contributed by atoms with Gasteiger partial charge in [0.1, 0.15) is 0 Å². The van der Waals surface area contributed by atoms with E-state index in [9.17, 15) is 18.3 Å². The zero-order valence-electron chi connectivity index (χ0n) is 16.6. The Morgan fingerprint density at radius 2 is 1.50 bits per heavy atom. The summed E-state index contributed by atoms with van der Waals surface area (Å²) in [6.45, 7) is -0.115. The van der Waals surface area contributed by atoms with Crippen molar-refractivity contribution in [3.05, 3.63) is 99.1 Å². The lowest BCUT2D eigenvalue weighted by molar-refractivity contribution is -0.138. The van der Waals surface area contributed by atoms with Crippen LogP contribution in [-0.4, -0.2) is 14.2 Å². The largest absolute Gasteiger partial charge is 0.416 e. The van der Waals surface area contributed by atoms with E-state index in [2.05, 4.69) is 0 Å². The van der Waals surface area contributed by atoms with Crippen LogP contribution >= 0.6 is 23.2 Å². The van der Waals surface area contributed by atoms with Crippen LogP contribution in [-0.2, 0) is 19.3 Å². The molecule has 1 atom stereocenters. The first kappa shape index (κ1) is 22.5. The zero-order chi connectivity index (χ0) is 23.0. The molecule has 1 aromatic heterocycles. The maximum absolute atomic E-state index is 13.5. The van der Waals surface area contributed by atoms with E-state index in [1.54, 1.807) is 53.1 Å². The lowest BCUT2D eigenvalue weighted by atomic mass is 10.1. The van der Waals surface area contributed by atoms with Crippen LogP contribution in [0.25, 0.3) is 11.0 Å². The molecule has 0 saturated heterocycles. The van der Waals surface area contributed by atoms with Gasteiger partial charge in [0, 0.05) is 0 Å². The van der Waals surface area contributed by atoms with E-state index in [-0.39, 0.29) is 24.3 Å². The molecule has 32 heavy (non-hydrogen) atoms. The number of benzene rings is 3. The Morgan fingerprint density at radius 3 is 2.16 bits per heavy atom. The molecule has 1 heterocycles. The predicted molar refractivity (Wildman–Crippen MR) is 118 cm³/mol. The van der Waals surface area contributed by atoms with Gasteiger partial charge in [0.05, 0.1) is 45.8 Å². The van der Waals surface area contributed by atoms with Crippen molar-refractivity contribution in [2.45, 2.75) is 25.4 Å². The summed E-state index contributed by atoms with van der Waals surface area (Å²) in [6.07, 6.45) is -5.50. The molecule has 0 aliphatic heterocycles. The van der Waals surface area contributed by atoms with Gasteiger partial charge in [-0.25, -0.2) is 0 Å². The fraction of sp³-hybridized carbons (Fsp3) is 0.174. The molecular formula is C23H18Cl2F3N3O. The third-order valence-corrected chi connectivity index (χ3v) is 6.05. The molecule has 0 fully saturated rings. The molecule has 0 aliphatic carbocycles. The van der Waals surface area contributed by atoms with Gasteiger partial charge in [-0.1, -0.05) is 59.6 Å². The second-order valence-corrected chi connectivity index (χ2v) is 8.17. The minimum absolute atomic E-state index is 0.0191. The van der Waals surface area contributed by atoms with Crippen LogP contribution in [0, 0.1) is 5.41 Å². The standard InChI is InChI=1S/C23H18Cl2F3N3O/c24-17-10-9-14(11-18(17)25)21(32)13-31-20-8-4-3-7-19(20)30(22(31)29)12-15-5-1-2-6-16(15)23(26,27)28/h1-11,21,29,32H,12-13H2. The number of para-hydroxylation sites is 2. The number of alkyl halides is 3. The Balaban J connectivity index is 1.77. The average Bonchev–Trinajstić information content (AvgIpc) is 3.01. The summed E-state index contributed by atoms with van der Waals surface area (Å²) < 4.78 is 43.5. The molecule has 3 aromatic carbocycles. The number of imidazole rings is 1. The SMILES string of the molecule is N=c1n(Cc2ccccc2C(F)(F)F)c2ccccc2n1CC(O)c1ccc(Cl)c(Cl)c1. The topological polar surface area (TPSA) is 53.9 Å². The molecule has 4 aromatic rings. The summed E-state index contributed by atoms with van der Waals surface area (Å²) in [6, 6.07) is 17.1. The Morgan fingerprint density at radius 1 is 0.875 bits per heavy atom. The van der Waals surface area contributed by atoms with Crippen molar-refractivity contribution in [3.63, 3.8) is 0 Å². The number of halogens is 5. The van der Waals surface area contributed by atoms with E-state index < -0.39 is 17.8 Å². The zero-order valence-corrected chi connectivity index (χ0v) is 18.1. The van der Waals surface area contributed by atoms with Gasteiger partial charge in [-0.05, 0) is 41.5 Å². The van der Waals surface area contributed by atoms with Crippen LogP contribution in [0.3, 0.4) is 0 Å². The summed E-state index contributed by atoms with van der Waals surface area (Å²) in [5.74, 6) is 0. The van der Waals surface area contributed by atoms with Gasteiger partial charge in [-0.2, -0.15) is 13.2 Å². The summed E-state index contributed by atoms with van der Waals surface area (Å²) >= 11 is 12.0. The smallest absolute Gasteiger partial charge is 0.387 e. The summed E-state index contributed by atoms with van der Waals surface area (Å²) in [7, 11) is 0. The Kier molecular flexibility index (Phi) is 6.07. The second-order valence-electron chi connectivity index (χ2n) is 7.35. The highest BCUT2D eigenvalue weighted by atomic mass is 35.5. The average molecular weight is 480 g/mol. The predicted octanol–water partition coefficient (Wildman–Crippen LogP) is 6.03. The van der Waals surface area contributed by atoms with Crippen molar-refractivity contribution in [1.82, 2.24) is 9.13 Å². The van der Waals surface area contributed by atoms with E-state index in [1.165, 1.54) is 16.7 Å². The van der Waals surface area contributed by atoms with Crippen LogP contribution in [0.15, 0.2) is 66.7 Å². The van der Waals surface area contributed by atoms with E-state index in [1.807, 2.05) is 0 Å². The molecule has 0 amide bonds. The molecule has 2 N–H and O–H groups in total. The number of nitrogens with one attached hydrogen (secondary N) is 1. The van der Waals surface area contributed by atoms with Crippen LogP contribution in [0.1, 0.15) is 22.8 Å². The minimum Gasteiger partial charge on any atom is -0.387 e. The number of nitrogens with zero attached hydrogens (tertiary/aromatic N) is 2. The fourth-order valence-corrected chi connectivity index (χ4v) is 4.05. The summed E-state index contributed by atoms with van der Waals surface area (Å²) in [5, 5.41) is 20.1. The van der Waals surface area contributed by atoms with Gasteiger partial charge < -0.3 is 14.2 Å². The Hall–Kier alpha value is -2.74. The third kappa shape index (κ3) is 4.28. The third-order valence-electron chi connectivity index (χ3n) is 5.31. The monoisotopic (exact) mass is 479 g/mol. The lowest BCUT2D eigenvalue weighted by Crippen LogP contribution is -2.27. The molecule has 4 rings (SSSR count). The van der Waals surface area contributed by atoms with Crippen molar-refractivity contribution in [1.29, 1.82) is 5.41 Å². The van der Waals surface area contributed by atoms with Crippen molar-refractivity contribution in [2.75, 3.05) is 0 Å². The second kappa shape index (κ2) is 8.65. The van der Waals surface area contributed by atoms with Gasteiger partial charge in [0.2, 0.25) is 5.62 Å². The van der Waals surface area contributed by atoms with Crippen LogP contribution in [0.2, 0.25) is 10.0 Å². The quantitative estimate of drug-likeness (QED) is 0.360. The number of hydrogen-bond donors (Lipinski definition) is 2. The highest BCUT2D eigenvalue weighted by Gasteiger charge is 2.33. The highest BCUT2D eigenvalue weighted by Crippen LogP contribution is 2.32. The van der Waals surface area contributed by atoms with Gasteiger partial charge in [-0.3, -0.25) is 5.41 Å². The lowest BCUT2D eigenvalue weighted by Gasteiger charge is -2.14. The molecule has 166 valence electrons. The first-order chi connectivity index (χ1) is 15.2. The highest BCUT2D eigenvalue weighted by molar-refractivity contribution is 6.42. The number of rotatable bonds is 5. The number of fused-ring (bicyclic) bond motifs is 1. The summed E-state index contributed by atoms with van der Waals surface area (Å²) in [4.78, 5) is 0.